The van der Waals surface area contributed by atoms with Crippen LogP contribution in [0.3, 0.4) is 0 Å². The summed E-state index contributed by atoms with van der Waals surface area (Å²) >= 11 is 7.79. The van der Waals surface area contributed by atoms with Crippen LogP contribution in [0.25, 0.3) is 0 Å². The first kappa shape index (κ1) is 17.8. The largest absolute Gasteiger partial charge is 0.439 e. The second kappa shape index (κ2) is 8.37. The number of benzene rings is 2. The molecule has 0 aliphatic carbocycles. The third kappa shape index (κ3) is 4.97. The Balaban J connectivity index is 1.81. The Labute approximate surface area is 157 Å². The topological polar surface area (TPSA) is 35.0 Å². The lowest BCUT2D eigenvalue weighted by Crippen LogP contribution is -2.00. The van der Waals surface area contributed by atoms with Crippen LogP contribution in [-0.2, 0) is 5.75 Å². The number of rotatable bonds is 6. The monoisotopic (exact) mass is 370 g/mol. The average molecular weight is 371 g/mol. The Morgan fingerprint density at radius 3 is 2.44 bits per heavy atom. The van der Waals surface area contributed by atoms with E-state index in [4.69, 9.17) is 16.3 Å². The zero-order chi connectivity index (χ0) is 17.6. The summed E-state index contributed by atoms with van der Waals surface area (Å²) in [5.74, 6) is 2.33. The maximum absolute atomic E-state index is 6.23. The first-order valence-corrected chi connectivity index (χ1v) is 9.46. The zero-order valence-electron chi connectivity index (χ0n) is 14.1. The number of para-hydroxylation sites is 1. The molecule has 3 nitrogen and oxygen atoms in total. The van der Waals surface area contributed by atoms with E-state index in [1.165, 1.54) is 0 Å². The van der Waals surface area contributed by atoms with Gasteiger partial charge in [0, 0.05) is 16.8 Å². The first-order chi connectivity index (χ1) is 12.1. The highest BCUT2D eigenvalue weighted by Gasteiger charge is 2.11. The van der Waals surface area contributed by atoms with Gasteiger partial charge in [-0.1, -0.05) is 73.6 Å². The first-order valence-electron chi connectivity index (χ1n) is 8.10. The molecule has 5 heteroatoms. The molecule has 1 heterocycles. The van der Waals surface area contributed by atoms with E-state index in [1.807, 2.05) is 60.7 Å². The molecule has 25 heavy (non-hydrogen) atoms. The van der Waals surface area contributed by atoms with E-state index in [-0.39, 0.29) is 0 Å². The molecule has 0 aliphatic heterocycles. The Morgan fingerprint density at radius 1 is 1.00 bits per heavy atom. The van der Waals surface area contributed by atoms with Gasteiger partial charge in [0.15, 0.2) is 5.16 Å². The molecular weight excluding hydrogens is 352 g/mol. The van der Waals surface area contributed by atoms with Gasteiger partial charge in [0.05, 0.1) is 5.69 Å². The number of aromatic nitrogens is 2. The van der Waals surface area contributed by atoms with Crippen LogP contribution in [0.2, 0.25) is 5.02 Å². The van der Waals surface area contributed by atoms with Crippen LogP contribution in [0.1, 0.15) is 31.0 Å². The van der Waals surface area contributed by atoms with Crippen molar-refractivity contribution in [3.8, 4) is 11.6 Å². The highest BCUT2D eigenvalue weighted by atomic mass is 35.5. The zero-order valence-corrected chi connectivity index (χ0v) is 15.7. The fraction of sp³-hybridized carbons (Fsp3) is 0.200. The van der Waals surface area contributed by atoms with E-state index in [0.29, 0.717) is 22.7 Å². The Bertz CT molecular complexity index is 840. The normalized spacial score (nSPS) is 10.9. The Morgan fingerprint density at radius 2 is 1.72 bits per heavy atom. The Kier molecular flexibility index (Phi) is 5.95. The predicted octanol–water partition coefficient (Wildman–Crippen LogP) is 6.34. The molecule has 0 unspecified atom stereocenters. The SMILES string of the molecule is CC(C)c1cc(Oc2ccccc2)nc(SCc2ccccc2Cl)n1. The third-order valence-corrected chi connectivity index (χ3v) is 4.84. The minimum Gasteiger partial charge on any atom is -0.439 e. The molecule has 0 saturated heterocycles. The van der Waals surface area contributed by atoms with E-state index in [0.717, 1.165) is 22.0 Å². The molecule has 0 aliphatic rings. The number of ether oxygens (including phenoxy) is 1. The van der Waals surface area contributed by atoms with Gasteiger partial charge in [0.2, 0.25) is 5.88 Å². The molecule has 0 radical (unpaired) electrons. The number of halogens is 1. The minimum atomic E-state index is 0.292. The van der Waals surface area contributed by atoms with Gasteiger partial charge in [-0.3, -0.25) is 0 Å². The van der Waals surface area contributed by atoms with Gasteiger partial charge in [-0.15, -0.1) is 0 Å². The lowest BCUT2D eigenvalue weighted by Gasteiger charge is -2.11. The lowest BCUT2D eigenvalue weighted by atomic mass is 10.1. The third-order valence-electron chi connectivity index (χ3n) is 3.57. The number of thioether (sulfide) groups is 1. The van der Waals surface area contributed by atoms with Crippen molar-refractivity contribution in [1.82, 2.24) is 9.97 Å². The van der Waals surface area contributed by atoms with Crippen molar-refractivity contribution in [3.05, 3.63) is 76.9 Å². The standard InChI is InChI=1S/C20H19ClN2OS/c1-14(2)18-12-19(24-16-9-4-3-5-10-16)23-20(22-18)25-13-15-8-6-7-11-17(15)21/h3-12,14H,13H2,1-2H3. The highest BCUT2D eigenvalue weighted by molar-refractivity contribution is 7.98. The molecule has 3 rings (SSSR count). The fourth-order valence-corrected chi connectivity index (χ4v) is 3.34. The summed E-state index contributed by atoms with van der Waals surface area (Å²) in [5, 5.41) is 1.45. The summed E-state index contributed by atoms with van der Waals surface area (Å²) < 4.78 is 5.90. The second-order valence-electron chi connectivity index (χ2n) is 5.86. The van der Waals surface area contributed by atoms with Gasteiger partial charge < -0.3 is 4.74 Å². The maximum atomic E-state index is 6.23. The maximum Gasteiger partial charge on any atom is 0.223 e. The summed E-state index contributed by atoms with van der Waals surface area (Å²) in [4.78, 5) is 9.19. The molecule has 128 valence electrons. The van der Waals surface area contributed by atoms with E-state index >= 15 is 0 Å². The van der Waals surface area contributed by atoms with Crippen molar-refractivity contribution in [2.75, 3.05) is 0 Å². The molecule has 0 atom stereocenters. The molecule has 2 aromatic carbocycles. The van der Waals surface area contributed by atoms with Crippen molar-refractivity contribution in [2.24, 2.45) is 0 Å². The van der Waals surface area contributed by atoms with Crippen molar-refractivity contribution < 1.29 is 4.74 Å². The van der Waals surface area contributed by atoms with Crippen LogP contribution in [0, 0.1) is 0 Å². The van der Waals surface area contributed by atoms with Crippen LogP contribution in [0.15, 0.2) is 65.8 Å². The van der Waals surface area contributed by atoms with Gasteiger partial charge in [-0.2, -0.15) is 4.98 Å². The van der Waals surface area contributed by atoms with E-state index < -0.39 is 0 Å². The summed E-state index contributed by atoms with van der Waals surface area (Å²) in [5.41, 5.74) is 2.03. The van der Waals surface area contributed by atoms with Crippen molar-refractivity contribution in [1.29, 1.82) is 0 Å². The second-order valence-corrected chi connectivity index (χ2v) is 7.21. The van der Waals surface area contributed by atoms with Crippen molar-refractivity contribution in [3.63, 3.8) is 0 Å². The number of hydrogen-bond acceptors (Lipinski definition) is 4. The van der Waals surface area contributed by atoms with Crippen LogP contribution >= 0.6 is 23.4 Å². The summed E-state index contributed by atoms with van der Waals surface area (Å²) in [6.07, 6.45) is 0. The summed E-state index contributed by atoms with van der Waals surface area (Å²) in [6, 6.07) is 19.4. The molecule has 0 spiro atoms. The van der Waals surface area contributed by atoms with Gasteiger partial charge in [0.25, 0.3) is 0 Å². The molecule has 1 aromatic heterocycles. The van der Waals surface area contributed by atoms with Crippen molar-refractivity contribution >= 4 is 23.4 Å². The van der Waals surface area contributed by atoms with E-state index in [9.17, 15) is 0 Å². The lowest BCUT2D eigenvalue weighted by molar-refractivity contribution is 0.453. The Hall–Kier alpha value is -2.04. The molecule has 0 amide bonds. The molecule has 0 N–H and O–H groups in total. The van der Waals surface area contributed by atoms with Gasteiger partial charge in [-0.05, 0) is 29.7 Å². The molecular formula is C20H19ClN2OS. The van der Waals surface area contributed by atoms with Gasteiger partial charge in [0.1, 0.15) is 5.75 Å². The van der Waals surface area contributed by atoms with Gasteiger partial charge >= 0.3 is 0 Å². The summed E-state index contributed by atoms with van der Waals surface area (Å²) in [7, 11) is 0. The highest BCUT2D eigenvalue weighted by Crippen LogP contribution is 2.29. The molecule has 3 aromatic rings. The van der Waals surface area contributed by atoms with Gasteiger partial charge in [-0.25, -0.2) is 4.98 Å². The molecule has 0 saturated carbocycles. The quantitative estimate of drug-likeness (QED) is 0.374. The molecule has 0 bridgehead atoms. The minimum absolute atomic E-state index is 0.292. The summed E-state index contributed by atoms with van der Waals surface area (Å²) in [6.45, 7) is 4.22. The average Bonchev–Trinajstić information content (AvgIpc) is 2.62. The van der Waals surface area contributed by atoms with Crippen LogP contribution in [0.5, 0.6) is 11.6 Å². The number of hydrogen-bond donors (Lipinski definition) is 0. The van der Waals surface area contributed by atoms with Crippen molar-refractivity contribution in [2.45, 2.75) is 30.7 Å². The van der Waals surface area contributed by atoms with E-state index in [2.05, 4.69) is 23.8 Å². The van der Waals surface area contributed by atoms with Crippen LogP contribution in [0.4, 0.5) is 0 Å². The predicted molar refractivity (Wildman–Crippen MR) is 104 cm³/mol. The van der Waals surface area contributed by atoms with Crippen LogP contribution < -0.4 is 4.74 Å². The van der Waals surface area contributed by atoms with Crippen LogP contribution in [-0.4, -0.2) is 9.97 Å². The molecule has 0 fully saturated rings. The van der Waals surface area contributed by atoms with E-state index in [1.54, 1.807) is 11.8 Å². The smallest absolute Gasteiger partial charge is 0.223 e. The fourth-order valence-electron chi connectivity index (χ4n) is 2.20. The number of nitrogens with zero attached hydrogens (tertiary/aromatic N) is 2.